The summed E-state index contributed by atoms with van der Waals surface area (Å²) in [6, 6.07) is 13.5. The summed E-state index contributed by atoms with van der Waals surface area (Å²) in [5, 5.41) is 4.07. The van der Waals surface area contributed by atoms with E-state index in [9.17, 15) is 4.79 Å². The van der Waals surface area contributed by atoms with Gasteiger partial charge in [-0.1, -0.05) is 35.5 Å². The molecule has 0 atom stereocenters. The van der Waals surface area contributed by atoms with Crippen LogP contribution in [-0.2, 0) is 4.79 Å². The summed E-state index contributed by atoms with van der Waals surface area (Å²) in [5.41, 5.74) is 1.91. The highest BCUT2D eigenvalue weighted by Crippen LogP contribution is 2.28. The van der Waals surface area contributed by atoms with Gasteiger partial charge in [-0.05, 0) is 36.6 Å². The van der Waals surface area contributed by atoms with E-state index >= 15 is 0 Å². The van der Waals surface area contributed by atoms with Crippen LogP contribution < -0.4 is 0 Å². The van der Waals surface area contributed by atoms with E-state index in [1.807, 2.05) is 53.4 Å². The minimum absolute atomic E-state index is 0.0420. The highest BCUT2D eigenvalue weighted by molar-refractivity contribution is 5.91. The van der Waals surface area contributed by atoms with Gasteiger partial charge in [0.15, 0.2) is 0 Å². The standard InChI is InChI=1S/C21H20N4O2/c26-19(7-6-16-4-2-1-3-5-16)25-14-10-18(11-15-25)21-23-20(24-27-21)17-8-12-22-13-9-17/h1-9,12-13,18H,10-11,14-15H2/b7-6+. The number of pyridine rings is 1. The SMILES string of the molecule is O=C(/C=C/c1ccccc1)N1CCC(c2nc(-c3ccncc3)no2)CC1. The first-order chi connectivity index (χ1) is 13.3. The molecule has 1 aliphatic rings. The quantitative estimate of drug-likeness (QED) is 0.665. The molecule has 0 radical (unpaired) electrons. The number of nitrogens with zero attached hydrogens (tertiary/aromatic N) is 4. The zero-order chi connectivity index (χ0) is 18.5. The molecule has 27 heavy (non-hydrogen) atoms. The van der Waals surface area contributed by atoms with Gasteiger partial charge in [0.25, 0.3) is 0 Å². The molecule has 1 aliphatic heterocycles. The van der Waals surface area contributed by atoms with Crippen molar-refractivity contribution in [1.29, 1.82) is 0 Å². The van der Waals surface area contributed by atoms with Gasteiger partial charge in [0.05, 0.1) is 0 Å². The van der Waals surface area contributed by atoms with Crippen LogP contribution in [0.1, 0.15) is 30.2 Å². The number of likely N-dealkylation sites (tertiary alicyclic amines) is 1. The Bertz CT molecular complexity index is 914. The maximum absolute atomic E-state index is 12.4. The number of amides is 1. The second kappa shape index (κ2) is 7.95. The zero-order valence-electron chi connectivity index (χ0n) is 14.9. The lowest BCUT2D eigenvalue weighted by molar-refractivity contribution is -0.127. The highest BCUT2D eigenvalue weighted by atomic mass is 16.5. The minimum atomic E-state index is 0.0420. The van der Waals surface area contributed by atoms with Crippen LogP contribution in [0.4, 0.5) is 0 Å². The summed E-state index contributed by atoms with van der Waals surface area (Å²) in [5.74, 6) is 1.46. The van der Waals surface area contributed by atoms with E-state index in [-0.39, 0.29) is 11.8 Å². The van der Waals surface area contributed by atoms with E-state index in [2.05, 4.69) is 15.1 Å². The molecular weight excluding hydrogens is 340 g/mol. The van der Waals surface area contributed by atoms with E-state index < -0.39 is 0 Å². The van der Waals surface area contributed by atoms with Gasteiger partial charge in [-0.15, -0.1) is 0 Å². The summed E-state index contributed by atoms with van der Waals surface area (Å²) in [7, 11) is 0. The summed E-state index contributed by atoms with van der Waals surface area (Å²) in [4.78, 5) is 22.8. The normalized spacial score (nSPS) is 15.3. The van der Waals surface area contributed by atoms with Crippen molar-refractivity contribution in [3.8, 4) is 11.4 Å². The summed E-state index contributed by atoms with van der Waals surface area (Å²) in [6.45, 7) is 1.38. The van der Waals surface area contributed by atoms with Crippen molar-refractivity contribution < 1.29 is 9.32 Å². The molecule has 136 valence electrons. The highest BCUT2D eigenvalue weighted by Gasteiger charge is 2.26. The number of piperidine rings is 1. The van der Waals surface area contributed by atoms with Crippen molar-refractivity contribution >= 4 is 12.0 Å². The average Bonchev–Trinajstić information content (AvgIpc) is 3.24. The summed E-state index contributed by atoms with van der Waals surface area (Å²) < 4.78 is 5.46. The van der Waals surface area contributed by atoms with E-state index in [1.54, 1.807) is 18.5 Å². The largest absolute Gasteiger partial charge is 0.339 e. The van der Waals surface area contributed by atoms with E-state index in [0.717, 1.165) is 24.0 Å². The van der Waals surface area contributed by atoms with Crippen molar-refractivity contribution in [3.05, 3.63) is 72.4 Å². The predicted octanol–water partition coefficient (Wildman–Crippen LogP) is 3.55. The monoisotopic (exact) mass is 360 g/mol. The van der Waals surface area contributed by atoms with Gasteiger partial charge in [-0.3, -0.25) is 9.78 Å². The van der Waals surface area contributed by atoms with Gasteiger partial charge in [0.2, 0.25) is 17.6 Å². The van der Waals surface area contributed by atoms with Gasteiger partial charge in [-0.2, -0.15) is 4.98 Å². The summed E-state index contributed by atoms with van der Waals surface area (Å²) >= 11 is 0. The molecule has 1 saturated heterocycles. The van der Waals surface area contributed by atoms with E-state index in [4.69, 9.17) is 4.52 Å². The van der Waals surface area contributed by atoms with Crippen LogP contribution >= 0.6 is 0 Å². The third kappa shape index (κ3) is 4.11. The lowest BCUT2D eigenvalue weighted by Gasteiger charge is -2.29. The number of aromatic nitrogens is 3. The van der Waals surface area contributed by atoms with Crippen LogP contribution in [0.15, 0.2) is 65.5 Å². The second-order valence-electron chi connectivity index (χ2n) is 6.54. The van der Waals surface area contributed by atoms with Crippen LogP contribution in [-0.4, -0.2) is 39.0 Å². The molecule has 1 amide bonds. The molecule has 0 N–H and O–H groups in total. The molecule has 0 bridgehead atoms. The third-order valence-corrected chi connectivity index (χ3v) is 4.75. The number of hydrogen-bond donors (Lipinski definition) is 0. The molecular formula is C21H20N4O2. The molecule has 6 heteroatoms. The third-order valence-electron chi connectivity index (χ3n) is 4.75. The van der Waals surface area contributed by atoms with Crippen LogP contribution in [0.25, 0.3) is 17.5 Å². The molecule has 2 aromatic heterocycles. The van der Waals surface area contributed by atoms with Crippen LogP contribution in [0.2, 0.25) is 0 Å². The van der Waals surface area contributed by atoms with Crippen molar-refractivity contribution in [3.63, 3.8) is 0 Å². The van der Waals surface area contributed by atoms with Crippen molar-refractivity contribution in [2.75, 3.05) is 13.1 Å². The van der Waals surface area contributed by atoms with Gasteiger partial charge < -0.3 is 9.42 Å². The lowest BCUT2D eigenvalue weighted by Crippen LogP contribution is -2.36. The smallest absolute Gasteiger partial charge is 0.246 e. The molecule has 1 fully saturated rings. The minimum Gasteiger partial charge on any atom is -0.339 e. The lowest BCUT2D eigenvalue weighted by atomic mass is 9.96. The Labute approximate surface area is 157 Å². The molecule has 6 nitrogen and oxygen atoms in total. The molecule has 0 saturated carbocycles. The van der Waals surface area contributed by atoms with E-state index in [1.165, 1.54) is 0 Å². The predicted molar refractivity (Wildman–Crippen MR) is 102 cm³/mol. The van der Waals surface area contributed by atoms with Gasteiger partial charge in [0.1, 0.15) is 0 Å². The first-order valence-electron chi connectivity index (χ1n) is 9.05. The van der Waals surface area contributed by atoms with Crippen LogP contribution in [0, 0.1) is 0 Å². The Kier molecular flexibility index (Phi) is 5.05. The van der Waals surface area contributed by atoms with Crippen molar-refractivity contribution in [1.82, 2.24) is 20.0 Å². The topological polar surface area (TPSA) is 72.1 Å². The fraction of sp³-hybridized carbons (Fsp3) is 0.238. The van der Waals surface area contributed by atoms with Gasteiger partial charge in [-0.25, -0.2) is 0 Å². The molecule has 3 heterocycles. The maximum atomic E-state index is 12.4. The summed E-state index contributed by atoms with van der Waals surface area (Å²) in [6.07, 6.45) is 8.56. The fourth-order valence-corrected chi connectivity index (χ4v) is 3.20. The Balaban J connectivity index is 1.34. The van der Waals surface area contributed by atoms with Crippen molar-refractivity contribution in [2.45, 2.75) is 18.8 Å². The van der Waals surface area contributed by atoms with Gasteiger partial charge in [0, 0.05) is 43.0 Å². The average molecular weight is 360 g/mol. The number of benzene rings is 1. The fourth-order valence-electron chi connectivity index (χ4n) is 3.20. The first kappa shape index (κ1) is 17.1. The number of rotatable bonds is 4. The molecule has 1 aromatic carbocycles. The molecule has 0 unspecified atom stereocenters. The Morgan fingerprint density at radius 3 is 2.56 bits per heavy atom. The van der Waals surface area contributed by atoms with Crippen molar-refractivity contribution in [2.24, 2.45) is 0 Å². The van der Waals surface area contributed by atoms with E-state index in [0.29, 0.717) is 24.8 Å². The van der Waals surface area contributed by atoms with Gasteiger partial charge >= 0.3 is 0 Å². The molecule has 0 aliphatic carbocycles. The molecule has 0 spiro atoms. The number of carbonyl (C=O) groups is 1. The first-order valence-corrected chi connectivity index (χ1v) is 9.05. The van der Waals surface area contributed by atoms with Crippen LogP contribution in [0.5, 0.6) is 0 Å². The molecule has 4 rings (SSSR count). The second-order valence-corrected chi connectivity index (χ2v) is 6.54. The number of carbonyl (C=O) groups excluding carboxylic acids is 1. The van der Waals surface area contributed by atoms with Crippen LogP contribution in [0.3, 0.4) is 0 Å². The Morgan fingerprint density at radius 2 is 1.81 bits per heavy atom. The molecule has 3 aromatic rings. The Hall–Kier alpha value is -3.28. The maximum Gasteiger partial charge on any atom is 0.246 e. The Morgan fingerprint density at radius 1 is 1.07 bits per heavy atom. The number of hydrogen-bond acceptors (Lipinski definition) is 5. The zero-order valence-corrected chi connectivity index (χ0v) is 14.9.